The van der Waals surface area contributed by atoms with Crippen LogP contribution >= 0.6 is 27.3 Å². The zero-order valence-electron chi connectivity index (χ0n) is 12.4. The van der Waals surface area contributed by atoms with Crippen LogP contribution in [0.2, 0.25) is 0 Å². The Morgan fingerprint density at radius 1 is 1.33 bits per heavy atom. The maximum Gasteiger partial charge on any atom is 0.227 e. The number of benzene rings is 1. The van der Waals surface area contributed by atoms with E-state index in [4.69, 9.17) is 0 Å². The molecule has 112 valence electrons. The van der Waals surface area contributed by atoms with Crippen LogP contribution in [0.4, 0.5) is 0 Å². The van der Waals surface area contributed by atoms with Gasteiger partial charge in [0.1, 0.15) is 0 Å². The second kappa shape index (κ2) is 7.76. The van der Waals surface area contributed by atoms with Crippen LogP contribution in [-0.4, -0.2) is 17.4 Å². The van der Waals surface area contributed by atoms with Crippen LogP contribution in [0.5, 0.6) is 0 Å². The third kappa shape index (κ3) is 4.17. The Bertz CT molecular complexity index is 582. The van der Waals surface area contributed by atoms with Crippen molar-refractivity contribution in [3.63, 3.8) is 0 Å². The molecular formula is C17H20BrNOS. The van der Waals surface area contributed by atoms with Gasteiger partial charge in [0, 0.05) is 11.0 Å². The van der Waals surface area contributed by atoms with E-state index in [1.807, 2.05) is 39.9 Å². The molecule has 0 aliphatic rings. The highest BCUT2D eigenvalue weighted by Gasteiger charge is 2.22. The minimum atomic E-state index is 0.0756. The van der Waals surface area contributed by atoms with Crippen LogP contribution in [-0.2, 0) is 11.2 Å². The lowest BCUT2D eigenvalue weighted by molar-refractivity contribution is -0.132. The lowest BCUT2D eigenvalue weighted by Crippen LogP contribution is -2.35. The van der Waals surface area contributed by atoms with Gasteiger partial charge in [-0.2, -0.15) is 11.3 Å². The molecule has 1 aromatic heterocycles. The van der Waals surface area contributed by atoms with Crippen LogP contribution in [0.3, 0.4) is 0 Å². The average molecular weight is 366 g/mol. The Morgan fingerprint density at radius 2 is 2.10 bits per heavy atom. The molecule has 4 heteroatoms. The second-order valence-corrected chi connectivity index (χ2v) is 6.73. The predicted octanol–water partition coefficient (Wildman–Crippen LogP) is 5.05. The summed E-state index contributed by atoms with van der Waals surface area (Å²) in [6.45, 7) is 4.99. The van der Waals surface area contributed by atoms with Crippen LogP contribution in [0.15, 0.2) is 45.6 Å². The molecule has 0 fully saturated rings. The quantitative estimate of drug-likeness (QED) is 0.700. The summed E-state index contributed by atoms with van der Waals surface area (Å²) >= 11 is 5.23. The largest absolute Gasteiger partial charge is 0.336 e. The van der Waals surface area contributed by atoms with Gasteiger partial charge >= 0.3 is 0 Å². The van der Waals surface area contributed by atoms with Gasteiger partial charge in [0.05, 0.1) is 12.5 Å². The molecule has 1 unspecified atom stereocenters. The van der Waals surface area contributed by atoms with Crippen molar-refractivity contribution in [2.24, 2.45) is 0 Å². The molecule has 2 rings (SSSR count). The van der Waals surface area contributed by atoms with Crippen molar-refractivity contribution in [3.8, 4) is 0 Å². The first-order chi connectivity index (χ1) is 10.1. The Balaban J connectivity index is 2.17. The van der Waals surface area contributed by atoms with Crippen molar-refractivity contribution >= 4 is 33.2 Å². The molecule has 2 aromatic rings. The highest BCUT2D eigenvalue weighted by atomic mass is 79.9. The summed E-state index contributed by atoms with van der Waals surface area (Å²) in [6.07, 6.45) is 1.45. The molecule has 0 N–H and O–H groups in total. The van der Waals surface area contributed by atoms with Crippen LogP contribution in [0.1, 0.15) is 37.4 Å². The standard InChI is InChI=1S/C17H20BrNOS/c1-3-9-19(17(20)11-14-8-10-21-12-14)13(2)15-6-4-5-7-16(15)18/h4-8,10,12-13H,3,9,11H2,1-2H3. The molecule has 0 saturated heterocycles. The molecule has 0 aliphatic heterocycles. The zero-order chi connectivity index (χ0) is 15.2. The molecule has 1 heterocycles. The fourth-order valence-electron chi connectivity index (χ4n) is 2.43. The summed E-state index contributed by atoms with van der Waals surface area (Å²) in [7, 11) is 0. The normalized spacial score (nSPS) is 12.1. The highest BCUT2D eigenvalue weighted by molar-refractivity contribution is 9.10. The van der Waals surface area contributed by atoms with Crippen molar-refractivity contribution in [3.05, 3.63) is 56.7 Å². The topological polar surface area (TPSA) is 20.3 Å². The first kappa shape index (κ1) is 16.2. The fourth-order valence-corrected chi connectivity index (χ4v) is 3.71. The third-order valence-corrected chi connectivity index (χ3v) is 5.00. The van der Waals surface area contributed by atoms with Crippen molar-refractivity contribution in [1.29, 1.82) is 0 Å². The summed E-state index contributed by atoms with van der Waals surface area (Å²) in [5, 5.41) is 4.06. The van der Waals surface area contributed by atoms with E-state index in [1.54, 1.807) is 11.3 Å². The van der Waals surface area contributed by atoms with E-state index in [9.17, 15) is 4.79 Å². The molecule has 0 saturated carbocycles. The van der Waals surface area contributed by atoms with Crippen LogP contribution in [0.25, 0.3) is 0 Å². The number of halogens is 1. The summed E-state index contributed by atoms with van der Waals surface area (Å²) in [4.78, 5) is 14.6. The minimum Gasteiger partial charge on any atom is -0.336 e. The molecule has 0 aliphatic carbocycles. The zero-order valence-corrected chi connectivity index (χ0v) is 14.8. The number of rotatable bonds is 6. The SMILES string of the molecule is CCCN(C(=O)Cc1ccsc1)C(C)c1ccccc1Br. The summed E-state index contributed by atoms with van der Waals surface area (Å²) < 4.78 is 1.06. The average Bonchev–Trinajstić information content (AvgIpc) is 2.97. The molecule has 1 amide bonds. The monoisotopic (exact) mass is 365 g/mol. The van der Waals surface area contributed by atoms with Gasteiger partial charge < -0.3 is 4.90 Å². The Hall–Kier alpha value is -1.13. The summed E-state index contributed by atoms with van der Waals surface area (Å²) in [6, 6.07) is 10.2. The Labute approximate surface area is 138 Å². The number of hydrogen-bond acceptors (Lipinski definition) is 2. The number of amides is 1. The van der Waals surface area contributed by atoms with Crippen molar-refractivity contribution < 1.29 is 4.79 Å². The van der Waals surface area contributed by atoms with Crippen molar-refractivity contribution in [2.45, 2.75) is 32.7 Å². The molecule has 1 aromatic carbocycles. The van der Waals surface area contributed by atoms with Crippen molar-refractivity contribution in [1.82, 2.24) is 4.90 Å². The smallest absolute Gasteiger partial charge is 0.227 e. The predicted molar refractivity (Wildman–Crippen MR) is 92.6 cm³/mol. The molecular weight excluding hydrogens is 346 g/mol. The summed E-state index contributed by atoms with van der Waals surface area (Å²) in [5.74, 6) is 0.193. The number of nitrogens with zero attached hydrogens (tertiary/aromatic N) is 1. The minimum absolute atomic E-state index is 0.0756. The van der Waals surface area contributed by atoms with Gasteiger partial charge in [-0.25, -0.2) is 0 Å². The highest BCUT2D eigenvalue weighted by Crippen LogP contribution is 2.28. The van der Waals surface area contributed by atoms with Gasteiger partial charge in [0.15, 0.2) is 0 Å². The molecule has 21 heavy (non-hydrogen) atoms. The molecule has 2 nitrogen and oxygen atoms in total. The number of carbonyl (C=O) groups is 1. The lowest BCUT2D eigenvalue weighted by Gasteiger charge is -2.30. The van der Waals surface area contributed by atoms with Crippen molar-refractivity contribution in [2.75, 3.05) is 6.54 Å². The number of thiophene rings is 1. The molecule has 0 spiro atoms. The van der Waals surface area contributed by atoms with Gasteiger partial charge in [0.25, 0.3) is 0 Å². The van der Waals surface area contributed by atoms with Crippen LogP contribution < -0.4 is 0 Å². The molecule has 0 bridgehead atoms. The van der Waals surface area contributed by atoms with E-state index in [1.165, 1.54) is 0 Å². The molecule has 0 radical (unpaired) electrons. The Morgan fingerprint density at radius 3 is 2.71 bits per heavy atom. The van der Waals surface area contributed by atoms with Gasteiger partial charge in [-0.15, -0.1) is 0 Å². The molecule has 1 atom stereocenters. The van der Waals surface area contributed by atoms with E-state index < -0.39 is 0 Å². The third-order valence-electron chi connectivity index (χ3n) is 3.54. The van der Waals surface area contributed by atoms with Gasteiger partial charge in [-0.05, 0) is 47.4 Å². The van der Waals surface area contributed by atoms with Gasteiger partial charge in [-0.1, -0.05) is 41.1 Å². The van der Waals surface area contributed by atoms with E-state index in [0.717, 1.165) is 28.6 Å². The van der Waals surface area contributed by atoms with E-state index in [2.05, 4.69) is 35.8 Å². The van der Waals surface area contributed by atoms with E-state index in [0.29, 0.717) is 6.42 Å². The maximum absolute atomic E-state index is 12.6. The van der Waals surface area contributed by atoms with Gasteiger partial charge in [-0.3, -0.25) is 4.79 Å². The second-order valence-electron chi connectivity index (χ2n) is 5.09. The first-order valence-corrected chi connectivity index (χ1v) is 8.92. The lowest BCUT2D eigenvalue weighted by atomic mass is 10.1. The van der Waals surface area contributed by atoms with E-state index in [-0.39, 0.29) is 11.9 Å². The summed E-state index contributed by atoms with van der Waals surface area (Å²) in [5.41, 5.74) is 2.26. The Kier molecular flexibility index (Phi) is 6.00. The fraction of sp³-hybridized carbons (Fsp3) is 0.353. The van der Waals surface area contributed by atoms with E-state index >= 15 is 0 Å². The maximum atomic E-state index is 12.6. The number of carbonyl (C=O) groups excluding carboxylic acids is 1. The van der Waals surface area contributed by atoms with Gasteiger partial charge in [0.2, 0.25) is 5.91 Å². The first-order valence-electron chi connectivity index (χ1n) is 7.18. The van der Waals surface area contributed by atoms with Crippen LogP contribution in [0, 0.1) is 0 Å². The number of hydrogen-bond donors (Lipinski definition) is 0.